The van der Waals surface area contributed by atoms with Gasteiger partial charge < -0.3 is 9.15 Å². The zero-order chi connectivity index (χ0) is 16.4. The predicted molar refractivity (Wildman–Crippen MR) is 93.8 cm³/mol. The average Bonchev–Trinajstić information content (AvgIpc) is 3.26. The summed E-state index contributed by atoms with van der Waals surface area (Å²) in [5, 5.41) is 3.26. The predicted octanol–water partition coefficient (Wildman–Crippen LogP) is 2.71. The normalized spacial score (nSPS) is 29.3. The number of hydrogen-bond acceptors (Lipinski definition) is 6. The van der Waals surface area contributed by atoms with Crippen LogP contribution in [0, 0.1) is 11.3 Å². The first-order valence-corrected chi connectivity index (χ1v) is 9.55. The SMILES string of the molecule is C[C@H]1CN(Cc2ccco2)C[C@@]12COCCN(Cc1nccs1)C2. The summed E-state index contributed by atoms with van der Waals surface area (Å²) in [5.41, 5.74) is 0.209. The van der Waals surface area contributed by atoms with Gasteiger partial charge in [-0.15, -0.1) is 11.3 Å². The summed E-state index contributed by atoms with van der Waals surface area (Å²) < 4.78 is 11.6. The summed E-state index contributed by atoms with van der Waals surface area (Å²) >= 11 is 1.74. The summed E-state index contributed by atoms with van der Waals surface area (Å²) in [4.78, 5) is 9.49. The molecule has 0 saturated carbocycles. The Morgan fingerprint density at radius 1 is 1.33 bits per heavy atom. The van der Waals surface area contributed by atoms with E-state index in [4.69, 9.17) is 9.15 Å². The van der Waals surface area contributed by atoms with Gasteiger partial charge in [-0.25, -0.2) is 4.98 Å². The first-order chi connectivity index (χ1) is 11.7. The Hall–Kier alpha value is -1.21. The molecule has 2 saturated heterocycles. The van der Waals surface area contributed by atoms with Crippen LogP contribution in [-0.2, 0) is 17.8 Å². The van der Waals surface area contributed by atoms with E-state index in [1.165, 1.54) is 5.01 Å². The van der Waals surface area contributed by atoms with Crippen LogP contribution in [0.5, 0.6) is 0 Å². The topological polar surface area (TPSA) is 41.7 Å². The van der Waals surface area contributed by atoms with E-state index in [2.05, 4.69) is 33.2 Å². The molecule has 24 heavy (non-hydrogen) atoms. The molecule has 6 heteroatoms. The summed E-state index contributed by atoms with van der Waals surface area (Å²) in [6.07, 6.45) is 3.66. The van der Waals surface area contributed by atoms with Crippen LogP contribution in [0.2, 0.25) is 0 Å². The Labute approximate surface area is 147 Å². The molecule has 130 valence electrons. The van der Waals surface area contributed by atoms with Crippen LogP contribution >= 0.6 is 11.3 Å². The highest BCUT2D eigenvalue weighted by Crippen LogP contribution is 2.39. The van der Waals surface area contributed by atoms with Gasteiger partial charge in [-0.3, -0.25) is 9.80 Å². The number of nitrogens with zero attached hydrogens (tertiary/aromatic N) is 3. The molecule has 2 aliphatic rings. The molecule has 2 aromatic heterocycles. The van der Waals surface area contributed by atoms with Crippen molar-refractivity contribution in [3.8, 4) is 0 Å². The Morgan fingerprint density at radius 2 is 2.25 bits per heavy atom. The van der Waals surface area contributed by atoms with Gasteiger partial charge in [0.15, 0.2) is 0 Å². The lowest BCUT2D eigenvalue weighted by Gasteiger charge is -2.34. The van der Waals surface area contributed by atoms with Crippen molar-refractivity contribution >= 4 is 11.3 Å². The Kier molecular flexibility index (Phi) is 4.72. The molecule has 5 nitrogen and oxygen atoms in total. The van der Waals surface area contributed by atoms with Crippen LogP contribution in [0.3, 0.4) is 0 Å². The van der Waals surface area contributed by atoms with Crippen LogP contribution in [0.15, 0.2) is 34.4 Å². The zero-order valence-electron chi connectivity index (χ0n) is 14.2. The maximum absolute atomic E-state index is 6.03. The molecular weight excluding hydrogens is 322 g/mol. The molecule has 4 rings (SSSR count). The highest BCUT2D eigenvalue weighted by Gasteiger charge is 2.46. The Balaban J connectivity index is 1.45. The van der Waals surface area contributed by atoms with Gasteiger partial charge >= 0.3 is 0 Å². The molecule has 0 amide bonds. The van der Waals surface area contributed by atoms with E-state index in [0.29, 0.717) is 5.92 Å². The number of rotatable bonds is 4. The van der Waals surface area contributed by atoms with Gasteiger partial charge in [0, 0.05) is 43.2 Å². The molecule has 0 N–H and O–H groups in total. The highest BCUT2D eigenvalue weighted by atomic mass is 32.1. The molecule has 1 spiro atoms. The minimum atomic E-state index is 0.209. The molecule has 2 fully saturated rings. The van der Waals surface area contributed by atoms with E-state index in [1.54, 1.807) is 17.6 Å². The molecule has 0 radical (unpaired) electrons. The van der Waals surface area contributed by atoms with Gasteiger partial charge in [-0.05, 0) is 18.1 Å². The number of ether oxygens (including phenoxy) is 1. The fourth-order valence-corrected chi connectivity index (χ4v) is 4.74. The van der Waals surface area contributed by atoms with Crippen molar-refractivity contribution in [2.75, 3.05) is 39.4 Å². The van der Waals surface area contributed by atoms with Crippen LogP contribution in [-0.4, -0.2) is 54.2 Å². The van der Waals surface area contributed by atoms with E-state index in [9.17, 15) is 0 Å². The van der Waals surface area contributed by atoms with Crippen LogP contribution < -0.4 is 0 Å². The number of aromatic nitrogens is 1. The van der Waals surface area contributed by atoms with Gasteiger partial charge in [-0.2, -0.15) is 0 Å². The highest BCUT2D eigenvalue weighted by molar-refractivity contribution is 7.09. The number of hydrogen-bond donors (Lipinski definition) is 0. The lowest BCUT2D eigenvalue weighted by Crippen LogP contribution is -2.43. The number of furan rings is 1. The zero-order valence-corrected chi connectivity index (χ0v) is 15.0. The second-order valence-electron chi connectivity index (χ2n) is 7.20. The first-order valence-electron chi connectivity index (χ1n) is 8.67. The molecule has 0 aromatic carbocycles. The van der Waals surface area contributed by atoms with E-state index < -0.39 is 0 Å². The maximum Gasteiger partial charge on any atom is 0.117 e. The third-order valence-electron chi connectivity index (χ3n) is 5.40. The second-order valence-corrected chi connectivity index (χ2v) is 8.18. The number of likely N-dealkylation sites (tertiary alicyclic amines) is 1. The van der Waals surface area contributed by atoms with Crippen LogP contribution in [0.4, 0.5) is 0 Å². The summed E-state index contributed by atoms with van der Waals surface area (Å²) in [7, 11) is 0. The first kappa shape index (κ1) is 16.3. The van der Waals surface area contributed by atoms with E-state index >= 15 is 0 Å². The van der Waals surface area contributed by atoms with Gasteiger partial charge in [0.25, 0.3) is 0 Å². The van der Waals surface area contributed by atoms with Crippen molar-refractivity contribution in [3.05, 3.63) is 40.7 Å². The van der Waals surface area contributed by atoms with Crippen molar-refractivity contribution in [1.29, 1.82) is 0 Å². The van der Waals surface area contributed by atoms with Crippen LogP contribution in [0.25, 0.3) is 0 Å². The van der Waals surface area contributed by atoms with Gasteiger partial charge in [0.05, 0.1) is 32.6 Å². The van der Waals surface area contributed by atoms with E-state index in [0.717, 1.165) is 58.2 Å². The van der Waals surface area contributed by atoms with Gasteiger partial charge in [0.2, 0.25) is 0 Å². The van der Waals surface area contributed by atoms with Gasteiger partial charge in [-0.1, -0.05) is 6.92 Å². The minimum absolute atomic E-state index is 0.209. The van der Waals surface area contributed by atoms with Crippen molar-refractivity contribution in [1.82, 2.24) is 14.8 Å². The molecule has 2 aromatic rings. The summed E-state index contributed by atoms with van der Waals surface area (Å²) in [5.74, 6) is 1.66. The molecule has 2 atom stereocenters. The van der Waals surface area contributed by atoms with E-state index in [1.807, 2.05) is 12.3 Å². The maximum atomic E-state index is 6.03. The monoisotopic (exact) mass is 347 g/mol. The smallest absolute Gasteiger partial charge is 0.117 e. The summed E-state index contributed by atoms with van der Waals surface area (Å²) in [6.45, 7) is 10.1. The number of thiazole rings is 1. The Morgan fingerprint density at radius 3 is 3.04 bits per heavy atom. The third-order valence-corrected chi connectivity index (χ3v) is 6.16. The summed E-state index contributed by atoms with van der Waals surface area (Å²) in [6, 6.07) is 4.03. The van der Waals surface area contributed by atoms with Gasteiger partial charge in [0.1, 0.15) is 10.8 Å². The Bertz CT molecular complexity index is 631. The lowest BCUT2D eigenvalue weighted by atomic mass is 9.79. The van der Waals surface area contributed by atoms with Crippen molar-refractivity contribution in [2.45, 2.75) is 20.0 Å². The van der Waals surface area contributed by atoms with E-state index in [-0.39, 0.29) is 5.41 Å². The lowest BCUT2D eigenvalue weighted by molar-refractivity contribution is 0.0497. The molecule has 4 heterocycles. The molecule has 2 aliphatic heterocycles. The van der Waals surface area contributed by atoms with Crippen molar-refractivity contribution in [3.63, 3.8) is 0 Å². The van der Waals surface area contributed by atoms with Crippen molar-refractivity contribution in [2.24, 2.45) is 11.3 Å². The molecule has 0 aliphatic carbocycles. The average molecular weight is 347 g/mol. The molecule has 0 bridgehead atoms. The molecular formula is C18H25N3O2S. The quantitative estimate of drug-likeness (QED) is 0.851. The van der Waals surface area contributed by atoms with Crippen LogP contribution in [0.1, 0.15) is 17.7 Å². The standard InChI is InChI=1S/C18H25N3O2S/c1-15-9-21(10-16-3-2-6-23-16)13-18(15)12-20(5-7-22-14-18)11-17-19-4-8-24-17/h2-4,6,8,15H,5,7,9-14H2,1H3/t15-,18-/m0/s1. The fourth-order valence-electron chi connectivity index (χ4n) is 4.08. The van der Waals surface area contributed by atoms with Crippen molar-refractivity contribution < 1.29 is 9.15 Å². The largest absolute Gasteiger partial charge is 0.468 e. The molecule has 0 unspecified atom stereocenters. The third kappa shape index (κ3) is 3.42. The second kappa shape index (κ2) is 6.96. The minimum Gasteiger partial charge on any atom is -0.468 e. The fraction of sp³-hybridized carbons (Fsp3) is 0.611.